The zero-order chi connectivity index (χ0) is 20.4. The summed E-state index contributed by atoms with van der Waals surface area (Å²) in [5.41, 5.74) is 1.20. The number of hydrogen-bond acceptors (Lipinski definition) is 6. The van der Waals surface area contributed by atoms with Crippen LogP contribution in [0.1, 0.15) is 25.0 Å². The lowest BCUT2D eigenvalue weighted by atomic mass is 9.83. The van der Waals surface area contributed by atoms with Crippen LogP contribution in [0.3, 0.4) is 0 Å². The standard InChI is InChI=1S/C22H17N5OS/c1-22(2,15-8-6-14(13-23)7-9-15)21(28)27-18-16-10-12-29-20(16)26-19(25-18)17-5-3-4-11-24-17/h3-12H,1-2H3,(H,25,26,27,28). The maximum Gasteiger partial charge on any atom is 0.235 e. The zero-order valence-electron chi connectivity index (χ0n) is 15.9. The lowest BCUT2D eigenvalue weighted by Gasteiger charge is -2.24. The van der Waals surface area contributed by atoms with Gasteiger partial charge in [-0.05, 0) is 55.1 Å². The predicted octanol–water partition coefficient (Wildman–Crippen LogP) is 4.54. The van der Waals surface area contributed by atoms with E-state index in [1.54, 1.807) is 30.5 Å². The Hall–Kier alpha value is -3.63. The minimum absolute atomic E-state index is 0.194. The van der Waals surface area contributed by atoms with E-state index in [1.165, 1.54) is 11.3 Å². The van der Waals surface area contributed by atoms with Gasteiger partial charge in [0.15, 0.2) is 5.82 Å². The molecule has 3 aromatic heterocycles. The number of hydrogen-bond donors (Lipinski definition) is 1. The van der Waals surface area contributed by atoms with E-state index in [2.05, 4.69) is 26.3 Å². The summed E-state index contributed by atoms with van der Waals surface area (Å²) in [5, 5.41) is 14.7. The lowest BCUT2D eigenvalue weighted by Crippen LogP contribution is -2.35. The summed E-state index contributed by atoms with van der Waals surface area (Å²) >= 11 is 1.48. The van der Waals surface area contributed by atoms with E-state index < -0.39 is 5.41 Å². The van der Waals surface area contributed by atoms with Gasteiger partial charge < -0.3 is 5.32 Å². The average molecular weight is 399 g/mol. The second-order valence-corrected chi connectivity index (χ2v) is 7.91. The SMILES string of the molecule is CC(C)(C(=O)Nc1nc(-c2ccccn2)nc2sccc12)c1ccc(C#N)cc1. The molecule has 6 nitrogen and oxygen atoms in total. The number of carbonyl (C=O) groups excluding carboxylic acids is 1. The van der Waals surface area contributed by atoms with Gasteiger partial charge in [-0.2, -0.15) is 5.26 Å². The maximum atomic E-state index is 13.2. The third-order valence-corrected chi connectivity index (χ3v) is 5.56. The lowest BCUT2D eigenvalue weighted by molar-refractivity contribution is -0.120. The van der Waals surface area contributed by atoms with Gasteiger partial charge >= 0.3 is 0 Å². The van der Waals surface area contributed by atoms with Gasteiger partial charge in [-0.1, -0.05) is 18.2 Å². The number of rotatable bonds is 4. The molecule has 0 aliphatic carbocycles. The second-order valence-electron chi connectivity index (χ2n) is 7.02. The number of nitrogens with zero attached hydrogens (tertiary/aromatic N) is 4. The van der Waals surface area contributed by atoms with Crippen LogP contribution in [0, 0.1) is 11.3 Å². The van der Waals surface area contributed by atoms with Crippen LogP contribution in [0.5, 0.6) is 0 Å². The number of nitrogens with one attached hydrogen (secondary N) is 1. The van der Waals surface area contributed by atoms with Crippen molar-refractivity contribution in [3.63, 3.8) is 0 Å². The summed E-state index contributed by atoms with van der Waals surface area (Å²) in [6, 6.07) is 16.6. The van der Waals surface area contributed by atoms with Gasteiger partial charge in [0.1, 0.15) is 16.3 Å². The van der Waals surface area contributed by atoms with Crippen molar-refractivity contribution in [3.05, 3.63) is 71.2 Å². The van der Waals surface area contributed by atoms with E-state index in [0.29, 0.717) is 22.9 Å². The molecule has 0 saturated heterocycles. The maximum absolute atomic E-state index is 13.2. The first kappa shape index (κ1) is 18.7. The monoisotopic (exact) mass is 399 g/mol. The number of benzene rings is 1. The molecule has 0 fully saturated rings. The third kappa shape index (κ3) is 3.58. The topological polar surface area (TPSA) is 91.6 Å². The van der Waals surface area contributed by atoms with Crippen molar-refractivity contribution in [2.24, 2.45) is 0 Å². The Kier molecular flexibility index (Phi) is 4.79. The molecule has 7 heteroatoms. The smallest absolute Gasteiger partial charge is 0.235 e. The van der Waals surface area contributed by atoms with Gasteiger partial charge in [-0.3, -0.25) is 9.78 Å². The first-order valence-electron chi connectivity index (χ1n) is 8.98. The first-order chi connectivity index (χ1) is 14.0. The van der Waals surface area contributed by atoms with Crippen LogP contribution in [0.2, 0.25) is 0 Å². The third-order valence-electron chi connectivity index (χ3n) is 4.75. The van der Waals surface area contributed by atoms with Crippen LogP contribution in [-0.4, -0.2) is 20.9 Å². The fraction of sp³-hybridized carbons (Fsp3) is 0.136. The molecule has 4 aromatic rings. The highest BCUT2D eigenvalue weighted by Crippen LogP contribution is 2.30. The molecule has 1 amide bonds. The van der Waals surface area contributed by atoms with Gasteiger partial charge in [-0.25, -0.2) is 9.97 Å². The first-order valence-corrected chi connectivity index (χ1v) is 9.86. The Bertz CT molecular complexity index is 1220. The van der Waals surface area contributed by atoms with E-state index in [9.17, 15) is 4.79 Å². The van der Waals surface area contributed by atoms with Crippen molar-refractivity contribution >= 4 is 33.3 Å². The predicted molar refractivity (Wildman–Crippen MR) is 113 cm³/mol. The largest absolute Gasteiger partial charge is 0.309 e. The van der Waals surface area contributed by atoms with Gasteiger partial charge in [0.2, 0.25) is 5.91 Å². The summed E-state index contributed by atoms with van der Waals surface area (Å²) in [7, 11) is 0. The molecule has 1 aromatic carbocycles. The Labute approximate surface area is 171 Å². The second kappa shape index (κ2) is 7.41. The van der Waals surface area contributed by atoms with E-state index in [-0.39, 0.29) is 5.91 Å². The fourth-order valence-electron chi connectivity index (χ4n) is 2.92. The van der Waals surface area contributed by atoms with Crippen LogP contribution in [0.4, 0.5) is 5.82 Å². The van der Waals surface area contributed by atoms with Gasteiger partial charge in [-0.15, -0.1) is 11.3 Å². The molecule has 4 rings (SSSR count). The molecule has 1 N–H and O–H groups in total. The summed E-state index contributed by atoms with van der Waals surface area (Å²) < 4.78 is 0. The van der Waals surface area contributed by atoms with Crippen molar-refractivity contribution in [1.29, 1.82) is 5.26 Å². The minimum Gasteiger partial charge on any atom is -0.309 e. The number of aromatic nitrogens is 3. The molecule has 0 radical (unpaired) electrons. The van der Waals surface area contributed by atoms with Crippen LogP contribution >= 0.6 is 11.3 Å². The molecule has 0 saturated carbocycles. The molecule has 3 heterocycles. The number of thiophene rings is 1. The highest BCUT2D eigenvalue weighted by molar-refractivity contribution is 7.16. The number of pyridine rings is 1. The summed E-state index contributed by atoms with van der Waals surface area (Å²) in [6.45, 7) is 3.69. The molecule has 0 bridgehead atoms. The molecule has 0 unspecified atom stereocenters. The van der Waals surface area contributed by atoms with Crippen molar-refractivity contribution in [3.8, 4) is 17.6 Å². The van der Waals surface area contributed by atoms with Crippen molar-refractivity contribution in [1.82, 2.24) is 15.0 Å². The number of nitriles is 1. The Morgan fingerprint density at radius 2 is 1.90 bits per heavy atom. The van der Waals surface area contributed by atoms with Crippen LogP contribution in [0.25, 0.3) is 21.7 Å². The molecule has 0 spiro atoms. The Morgan fingerprint density at radius 3 is 2.59 bits per heavy atom. The van der Waals surface area contributed by atoms with Crippen LogP contribution in [0.15, 0.2) is 60.1 Å². The summed E-state index contributed by atoms with van der Waals surface area (Å²) in [6.07, 6.45) is 1.68. The van der Waals surface area contributed by atoms with E-state index in [4.69, 9.17) is 5.26 Å². The zero-order valence-corrected chi connectivity index (χ0v) is 16.7. The number of anilines is 1. The van der Waals surface area contributed by atoms with Crippen molar-refractivity contribution in [2.45, 2.75) is 19.3 Å². The Morgan fingerprint density at radius 1 is 1.10 bits per heavy atom. The van der Waals surface area contributed by atoms with Crippen molar-refractivity contribution < 1.29 is 4.79 Å². The number of carbonyl (C=O) groups is 1. The molecule has 29 heavy (non-hydrogen) atoms. The molecule has 142 valence electrons. The normalized spacial score (nSPS) is 11.2. The van der Waals surface area contributed by atoms with Gasteiger partial charge in [0.25, 0.3) is 0 Å². The fourth-order valence-corrected chi connectivity index (χ4v) is 3.68. The van der Waals surface area contributed by atoms with E-state index in [1.807, 2.05) is 43.5 Å². The van der Waals surface area contributed by atoms with Crippen molar-refractivity contribution in [2.75, 3.05) is 5.32 Å². The highest BCUT2D eigenvalue weighted by atomic mass is 32.1. The minimum atomic E-state index is -0.813. The van der Waals surface area contributed by atoms with Crippen LogP contribution in [-0.2, 0) is 10.2 Å². The number of amides is 1. The Balaban J connectivity index is 1.70. The summed E-state index contributed by atoms with van der Waals surface area (Å²) in [4.78, 5) is 27.4. The van der Waals surface area contributed by atoms with Gasteiger partial charge in [0, 0.05) is 6.20 Å². The van der Waals surface area contributed by atoms with E-state index >= 15 is 0 Å². The molecule has 0 aliphatic rings. The van der Waals surface area contributed by atoms with E-state index in [0.717, 1.165) is 15.8 Å². The number of fused-ring (bicyclic) bond motifs is 1. The quantitative estimate of drug-likeness (QED) is 0.544. The summed E-state index contributed by atoms with van der Waals surface area (Å²) in [5.74, 6) is 0.732. The molecular formula is C22H17N5OS. The highest BCUT2D eigenvalue weighted by Gasteiger charge is 2.30. The molecule has 0 aliphatic heterocycles. The molecular weight excluding hydrogens is 382 g/mol. The molecule has 0 atom stereocenters. The average Bonchev–Trinajstić information content (AvgIpc) is 3.23. The van der Waals surface area contributed by atoms with Crippen LogP contribution < -0.4 is 5.32 Å². The van der Waals surface area contributed by atoms with Gasteiger partial charge in [0.05, 0.1) is 22.4 Å².